The molecule has 0 N–H and O–H groups in total. The number of aromatic nitrogens is 2. The predicted octanol–water partition coefficient (Wildman–Crippen LogP) is 10.9. The summed E-state index contributed by atoms with van der Waals surface area (Å²) >= 11 is 0. The Morgan fingerprint density at radius 2 is 0.814 bits per heavy atom. The largest absolute Gasteiger partial charge is 0.331 e. The Morgan fingerprint density at radius 3 is 1.42 bits per heavy atom. The zero-order chi connectivity index (χ0) is 29.2. The van der Waals surface area contributed by atoms with Crippen molar-refractivity contribution in [3.05, 3.63) is 175 Å². The Balaban J connectivity index is 1.61. The highest BCUT2D eigenvalue weighted by Gasteiger charge is 2.27. The molecule has 2 heteroatoms. The highest BCUT2D eigenvalue weighted by Crippen LogP contribution is 2.41. The van der Waals surface area contributed by atoms with Crippen molar-refractivity contribution in [3.63, 3.8) is 0 Å². The SMILES string of the molecule is CC(C)(c1ccccccccc1)n1c2ccccc2c2cc3c4ccccc4n(-c4ccccccccc4)c3cc21. The van der Waals surface area contributed by atoms with Gasteiger partial charge in [0.15, 0.2) is 0 Å². The van der Waals surface area contributed by atoms with Crippen LogP contribution in [0.1, 0.15) is 19.4 Å². The second-order valence-corrected chi connectivity index (χ2v) is 11.4. The van der Waals surface area contributed by atoms with E-state index in [9.17, 15) is 0 Å². The molecular formula is C41H34N2. The molecule has 0 aliphatic rings. The maximum atomic E-state index is 2.53. The maximum Gasteiger partial charge on any atom is 0.0646 e. The van der Waals surface area contributed by atoms with Crippen LogP contribution in [0.3, 0.4) is 0 Å². The van der Waals surface area contributed by atoms with E-state index in [0.29, 0.717) is 0 Å². The van der Waals surface area contributed by atoms with Crippen molar-refractivity contribution in [2.75, 3.05) is 0 Å². The van der Waals surface area contributed by atoms with Gasteiger partial charge in [-0.3, -0.25) is 0 Å². The van der Waals surface area contributed by atoms with Gasteiger partial charge in [-0.15, -0.1) is 0 Å². The van der Waals surface area contributed by atoms with Gasteiger partial charge in [-0.05, 0) is 55.8 Å². The van der Waals surface area contributed by atoms with Crippen LogP contribution in [-0.4, -0.2) is 9.13 Å². The number of benzene rings is 3. The summed E-state index contributed by atoms with van der Waals surface area (Å²) in [5, 5.41) is 5.05. The van der Waals surface area contributed by atoms with Crippen LogP contribution in [0.5, 0.6) is 0 Å². The van der Waals surface area contributed by atoms with Gasteiger partial charge in [-0.2, -0.15) is 0 Å². The van der Waals surface area contributed by atoms with Crippen molar-refractivity contribution in [1.82, 2.24) is 9.13 Å². The molecule has 2 heterocycles. The van der Waals surface area contributed by atoms with Gasteiger partial charge in [-0.25, -0.2) is 0 Å². The van der Waals surface area contributed by atoms with E-state index in [0.717, 1.165) is 5.69 Å². The van der Waals surface area contributed by atoms with Gasteiger partial charge in [0.2, 0.25) is 0 Å². The minimum absolute atomic E-state index is 0.334. The molecule has 2 aromatic heterocycles. The molecule has 5 aromatic carbocycles. The molecule has 0 aliphatic carbocycles. The van der Waals surface area contributed by atoms with E-state index in [1.54, 1.807) is 0 Å². The number of hydrogen-bond donors (Lipinski definition) is 0. The molecule has 2 nitrogen and oxygen atoms in total. The minimum Gasteiger partial charge on any atom is -0.331 e. The van der Waals surface area contributed by atoms with E-state index < -0.39 is 0 Å². The average molecular weight is 555 g/mol. The first-order chi connectivity index (χ1) is 21.1. The van der Waals surface area contributed by atoms with Crippen LogP contribution < -0.4 is 0 Å². The summed E-state index contributed by atoms with van der Waals surface area (Å²) in [5.74, 6) is 0. The van der Waals surface area contributed by atoms with Gasteiger partial charge in [0.05, 0.1) is 22.1 Å². The Labute approximate surface area is 252 Å². The van der Waals surface area contributed by atoms with E-state index in [4.69, 9.17) is 0 Å². The number of para-hydroxylation sites is 2. The first kappa shape index (κ1) is 26.6. The molecule has 208 valence electrons. The topological polar surface area (TPSA) is 9.86 Å². The lowest BCUT2D eigenvalue weighted by atomic mass is 9.94. The second kappa shape index (κ2) is 11.2. The molecule has 0 atom stereocenters. The van der Waals surface area contributed by atoms with Crippen LogP contribution in [-0.2, 0) is 5.54 Å². The number of rotatable bonds is 3. The molecule has 0 amide bonds. The zero-order valence-electron chi connectivity index (χ0n) is 24.6. The summed E-state index contributed by atoms with van der Waals surface area (Å²) in [5.41, 5.74) is 6.85. The lowest BCUT2D eigenvalue weighted by Crippen LogP contribution is -2.27. The zero-order valence-corrected chi connectivity index (χ0v) is 24.6. The standard InChI is InChI=1S/C41H34N2/c1-41(2,31-21-13-9-5-3-6-10-14-22-31)43-38-28-20-18-26-34(38)36-29-35-33-25-17-19-27-37(33)42(39(35)30-40(36)43)32-23-15-11-7-4-8-12-16-24-32/h3-30H,1-2H3. The summed E-state index contributed by atoms with van der Waals surface area (Å²) in [6.45, 7) is 4.65. The highest BCUT2D eigenvalue weighted by molar-refractivity contribution is 6.18. The first-order valence-electron chi connectivity index (χ1n) is 14.9. The van der Waals surface area contributed by atoms with Gasteiger partial charge in [0.1, 0.15) is 0 Å². The van der Waals surface area contributed by atoms with Crippen molar-refractivity contribution in [2.45, 2.75) is 19.4 Å². The van der Waals surface area contributed by atoms with Crippen LogP contribution in [0.2, 0.25) is 0 Å². The molecule has 7 aromatic rings. The summed E-state index contributed by atoms with van der Waals surface area (Å²) in [4.78, 5) is 0. The molecule has 0 unspecified atom stereocenters. The number of nitrogens with zero attached hydrogens (tertiary/aromatic N) is 2. The lowest BCUT2D eigenvalue weighted by molar-refractivity contribution is 0.465. The summed E-state index contributed by atoms with van der Waals surface area (Å²) in [6.07, 6.45) is 0. The molecule has 0 spiro atoms. The van der Waals surface area contributed by atoms with E-state index in [-0.39, 0.29) is 5.54 Å². The quantitative estimate of drug-likeness (QED) is 0.206. The van der Waals surface area contributed by atoms with Crippen LogP contribution in [0, 0.1) is 0 Å². The Hall–Kier alpha value is -5.34. The molecule has 0 fully saturated rings. The Morgan fingerprint density at radius 1 is 0.372 bits per heavy atom. The van der Waals surface area contributed by atoms with Crippen LogP contribution in [0.4, 0.5) is 0 Å². The van der Waals surface area contributed by atoms with Gasteiger partial charge >= 0.3 is 0 Å². The van der Waals surface area contributed by atoms with Crippen LogP contribution in [0.25, 0.3) is 49.3 Å². The smallest absolute Gasteiger partial charge is 0.0646 e. The van der Waals surface area contributed by atoms with E-state index >= 15 is 0 Å². The number of hydrogen-bond acceptors (Lipinski definition) is 0. The third-order valence-corrected chi connectivity index (χ3v) is 8.41. The van der Waals surface area contributed by atoms with Crippen molar-refractivity contribution in [2.24, 2.45) is 0 Å². The van der Waals surface area contributed by atoms with Gasteiger partial charge in [-0.1, -0.05) is 133 Å². The monoisotopic (exact) mass is 554 g/mol. The fourth-order valence-corrected chi connectivity index (χ4v) is 6.38. The minimum atomic E-state index is -0.334. The molecule has 0 aliphatic heterocycles. The fourth-order valence-electron chi connectivity index (χ4n) is 6.38. The molecular weight excluding hydrogens is 520 g/mol. The molecule has 0 bridgehead atoms. The van der Waals surface area contributed by atoms with Crippen LogP contribution >= 0.6 is 0 Å². The number of fused-ring (bicyclic) bond motifs is 6. The van der Waals surface area contributed by atoms with E-state index in [2.05, 4.69) is 187 Å². The van der Waals surface area contributed by atoms with Crippen molar-refractivity contribution < 1.29 is 0 Å². The third-order valence-electron chi connectivity index (χ3n) is 8.41. The molecule has 0 radical (unpaired) electrons. The third kappa shape index (κ3) is 4.71. The molecule has 0 saturated carbocycles. The Kier molecular flexibility index (Phi) is 6.89. The van der Waals surface area contributed by atoms with Crippen LogP contribution in [0.15, 0.2) is 170 Å². The van der Waals surface area contributed by atoms with Gasteiger partial charge < -0.3 is 9.13 Å². The van der Waals surface area contributed by atoms with Gasteiger partial charge in [0.25, 0.3) is 0 Å². The average Bonchev–Trinajstić information content (AvgIpc) is 3.53. The summed E-state index contributed by atoms with van der Waals surface area (Å²) in [6, 6.07) is 60.4. The second-order valence-electron chi connectivity index (χ2n) is 11.4. The molecule has 43 heavy (non-hydrogen) atoms. The fraction of sp³-hybridized carbons (Fsp3) is 0.0732. The maximum absolute atomic E-state index is 2.53. The van der Waals surface area contributed by atoms with Crippen molar-refractivity contribution in [3.8, 4) is 5.69 Å². The summed E-state index contributed by atoms with van der Waals surface area (Å²) in [7, 11) is 0. The lowest BCUT2D eigenvalue weighted by Gasteiger charge is -2.29. The normalized spacial score (nSPS) is 11.5. The highest BCUT2D eigenvalue weighted by atomic mass is 15.1. The molecule has 7 rings (SSSR count). The first-order valence-corrected chi connectivity index (χ1v) is 14.9. The van der Waals surface area contributed by atoms with Crippen molar-refractivity contribution in [1.29, 1.82) is 0 Å². The van der Waals surface area contributed by atoms with Crippen molar-refractivity contribution >= 4 is 43.6 Å². The van der Waals surface area contributed by atoms with E-state index in [1.165, 1.54) is 49.2 Å². The predicted molar refractivity (Wildman–Crippen MR) is 184 cm³/mol. The summed E-state index contributed by atoms with van der Waals surface area (Å²) < 4.78 is 4.93. The Bertz CT molecular complexity index is 2180. The molecule has 0 saturated heterocycles. The van der Waals surface area contributed by atoms with Gasteiger partial charge in [0, 0.05) is 32.7 Å². The van der Waals surface area contributed by atoms with E-state index in [1.807, 2.05) is 6.07 Å².